The highest BCUT2D eigenvalue weighted by atomic mass is 16.7. The molecule has 15 heteroatoms. The minimum absolute atomic E-state index is 0.0335. The number of nitrogens with one attached hydrogen (secondary N) is 5. The Morgan fingerprint density at radius 1 is 0.746 bits per heavy atom. The molecule has 2 aromatic rings. The van der Waals surface area contributed by atoms with Gasteiger partial charge in [-0.05, 0) is 105 Å². The Kier molecular flexibility index (Phi) is 15.0. The summed E-state index contributed by atoms with van der Waals surface area (Å²) in [4.78, 5) is 66.6. The Hall–Kier alpha value is -4.31. The topological polar surface area (TPSA) is 216 Å². The van der Waals surface area contributed by atoms with Crippen molar-refractivity contribution in [3.63, 3.8) is 0 Å². The van der Waals surface area contributed by atoms with E-state index in [1.54, 1.807) is 12.1 Å². The Morgan fingerprint density at radius 2 is 1.31 bits per heavy atom. The molecule has 1 aliphatic heterocycles. The third-order valence-electron chi connectivity index (χ3n) is 12.8. The van der Waals surface area contributed by atoms with Crippen molar-refractivity contribution >= 4 is 36.7 Å². The van der Waals surface area contributed by atoms with Crippen LogP contribution in [-0.2, 0) is 34.9 Å². The van der Waals surface area contributed by atoms with E-state index in [1.165, 1.54) is 12.5 Å². The van der Waals surface area contributed by atoms with Crippen molar-refractivity contribution < 1.29 is 33.3 Å². The van der Waals surface area contributed by atoms with Gasteiger partial charge in [0.2, 0.25) is 23.6 Å². The van der Waals surface area contributed by atoms with Gasteiger partial charge in [-0.15, -0.1) is 0 Å². The summed E-state index contributed by atoms with van der Waals surface area (Å²) in [6.45, 7) is 15.5. The van der Waals surface area contributed by atoms with Crippen molar-refractivity contribution in [1.29, 1.82) is 0 Å². The van der Waals surface area contributed by atoms with Crippen LogP contribution in [0.3, 0.4) is 0 Å². The van der Waals surface area contributed by atoms with E-state index in [0.717, 1.165) is 43.2 Å². The van der Waals surface area contributed by atoms with Gasteiger partial charge in [0, 0.05) is 18.7 Å². The van der Waals surface area contributed by atoms with Gasteiger partial charge in [0.15, 0.2) is 0 Å². The zero-order valence-electron chi connectivity index (χ0n) is 36.1. The van der Waals surface area contributed by atoms with Gasteiger partial charge in [0.05, 0.1) is 17.6 Å². The highest BCUT2D eigenvalue weighted by molar-refractivity contribution is 6.47. The smallest absolute Gasteiger partial charge is 0.404 e. The molecule has 59 heavy (non-hydrogen) atoms. The number of amides is 5. The van der Waals surface area contributed by atoms with E-state index in [9.17, 15) is 24.0 Å². The number of aryl methyl sites for hydroxylation is 1. The van der Waals surface area contributed by atoms with Crippen molar-refractivity contribution in [2.45, 2.75) is 136 Å². The van der Waals surface area contributed by atoms with Crippen molar-refractivity contribution in [3.8, 4) is 11.1 Å². The summed E-state index contributed by atoms with van der Waals surface area (Å²) in [6.07, 6.45) is 5.66. The fraction of sp³-hybridized carbons (Fsp3) is 0.614. The number of rotatable bonds is 19. The van der Waals surface area contributed by atoms with E-state index in [4.69, 9.17) is 20.8 Å². The number of carbonyl (C=O) groups is 5. The normalized spacial score (nSPS) is 24.1. The lowest BCUT2D eigenvalue weighted by molar-refractivity contribution is -0.199. The largest absolute Gasteiger partial charge is 0.481 e. The number of nitrogens with two attached hydrogens (primary N) is 2. The van der Waals surface area contributed by atoms with Crippen LogP contribution in [0.15, 0.2) is 48.5 Å². The molecule has 6 rings (SSSR count). The number of hydrogen-bond donors (Lipinski definition) is 7. The number of benzene rings is 2. The molecule has 2 aromatic carbocycles. The van der Waals surface area contributed by atoms with E-state index in [0.29, 0.717) is 23.8 Å². The molecule has 1 saturated heterocycles. The highest BCUT2D eigenvalue weighted by Crippen LogP contribution is 2.65. The maximum atomic E-state index is 13.6. The summed E-state index contributed by atoms with van der Waals surface area (Å²) in [5.74, 6) is -2.37. The molecule has 3 aliphatic carbocycles. The first-order chi connectivity index (χ1) is 27.9. The Balaban J connectivity index is 1.10. The van der Waals surface area contributed by atoms with Gasteiger partial charge in [-0.3, -0.25) is 24.0 Å². The summed E-state index contributed by atoms with van der Waals surface area (Å²) in [6, 6.07) is 11.0. The molecule has 9 atom stereocenters. The molecule has 0 radical (unpaired) electrons. The zero-order chi connectivity index (χ0) is 43.2. The Bertz CT molecular complexity index is 1810. The van der Waals surface area contributed by atoms with E-state index in [1.807, 2.05) is 32.9 Å². The van der Waals surface area contributed by atoms with Gasteiger partial charge in [0.1, 0.15) is 24.2 Å². The molecule has 3 saturated carbocycles. The average molecular weight is 816 g/mol. The van der Waals surface area contributed by atoms with Crippen LogP contribution in [0.1, 0.15) is 103 Å². The highest BCUT2D eigenvalue weighted by Gasteiger charge is 2.68. The fourth-order valence-electron chi connectivity index (χ4n) is 8.92. The molecule has 5 amide bonds. The van der Waals surface area contributed by atoms with E-state index in [-0.39, 0.29) is 36.4 Å². The minimum Gasteiger partial charge on any atom is -0.404 e. The van der Waals surface area contributed by atoms with Crippen LogP contribution in [0.25, 0.3) is 11.1 Å². The van der Waals surface area contributed by atoms with E-state index in [2.05, 4.69) is 78.5 Å². The van der Waals surface area contributed by atoms with Crippen molar-refractivity contribution in [2.75, 3.05) is 13.1 Å². The Morgan fingerprint density at radius 3 is 1.88 bits per heavy atom. The SMILES string of the molecule is CCCCc1ccc(-c2ccc(C(=O)N[C@@H](CN)C(=O)NC(CN)C(=O)N[C@@H](C)C(=O)N[C@@H](CC(C)C)C(=O)N[C@@H](C)B3O[C@@H]4C[C@@H]5C[C@@H](C5(C)C)[C@]4(C)O3)cc2)cc1. The molecule has 322 valence electrons. The van der Waals surface area contributed by atoms with E-state index >= 15 is 0 Å². The van der Waals surface area contributed by atoms with Crippen LogP contribution >= 0.6 is 0 Å². The maximum absolute atomic E-state index is 13.6. The lowest BCUT2D eigenvalue weighted by Gasteiger charge is -2.64. The molecule has 0 aromatic heterocycles. The number of carbonyl (C=O) groups excluding carboxylic acids is 5. The van der Waals surface area contributed by atoms with Crippen LogP contribution < -0.4 is 38.1 Å². The summed E-state index contributed by atoms with van der Waals surface area (Å²) in [5.41, 5.74) is 15.1. The first-order valence-corrected chi connectivity index (χ1v) is 21.4. The van der Waals surface area contributed by atoms with Gasteiger partial charge in [-0.2, -0.15) is 0 Å². The van der Waals surface area contributed by atoms with Gasteiger partial charge in [-0.1, -0.05) is 77.4 Å². The van der Waals surface area contributed by atoms with Crippen LogP contribution in [0, 0.1) is 23.2 Å². The second-order valence-corrected chi connectivity index (χ2v) is 18.0. The summed E-state index contributed by atoms with van der Waals surface area (Å²) in [5, 5.41) is 13.5. The fourth-order valence-corrected chi connectivity index (χ4v) is 8.92. The van der Waals surface area contributed by atoms with Crippen LogP contribution in [-0.4, -0.2) is 91.6 Å². The van der Waals surface area contributed by atoms with Gasteiger partial charge in [-0.25, -0.2) is 0 Å². The molecule has 9 N–H and O–H groups in total. The third kappa shape index (κ3) is 10.5. The van der Waals surface area contributed by atoms with Crippen molar-refractivity contribution in [3.05, 3.63) is 59.7 Å². The van der Waals surface area contributed by atoms with Gasteiger partial charge >= 0.3 is 7.12 Å². The molecule has 0 spiro atoms. The lowest BCUT2D eigenvalue weighted by Crippen LogP contribution is -2.65. The zero-order valence-corrected chi connectivity index (χ0v) is 36.1. The minimum atomic E-state index is -1.24. The molecule has 2 bridgehead atoms. The lowest BCUT2D eigenvalue weighted by atomic mass is 9.43. The monoisotopic (exact) mass is 816 g/mol. The van der Waals surface area contributed by atoms with E-state index < -0.39 is 66.5 Å². The van der Waals surface area contributed by atoms with Gasteiger partial charge < -0.3 is 47.4 Å². The quantitative estimate of drug-likeness (QED) is 0.104. The van der Waals surface area contributed by atoms with Crippen molar-refractivity contribution in [2.24, 2.45) is 34.6 Å². The number of hydrogen-bond acceptors (Lipinski definition) is 9. The predicted molar refractivity (Wildman–Crippen MR) is 228 cm³/mol. The molecular weight excluding hydrogens is 749 g/mol. The molecule has 14 nitrogen and oxygen atoms in total. The molecule has 4 aliphatic rings. The molecule has 4 fully saturated rings. The maximum Gasteiger partial charge on any atom is 0.481 e. The van der Waals surface area contributed by atoms with Gasteiger partial charge in [0.25, 0.3) is 5.91 Å². The predicted octanol–water partition coefficient (Wildman–Crippen LogP) is 3.00. The number of unbranched alkanes of at least 4 members (excludes halogenated alkanes) is 1. The van der Waals surface area contributed by atoms with Crippen LogP contribution in [0.4, 0.5) is 0 Å². The first kappa shape index (κ1) is 45.8. The van der Waals surface area contributed by atoms with Crippen molar-refractivity contribution in [1.82, 2.24) is 26.6 Å². The second-order valence-electron chi connectivity index (χ2n) is 18.0. The van der Waals surface area contributed by atoms with Crippen LogP contribution in [0.5, 0.6) is 0 Å². The summed E-state index contributed by atoms with van der Waals surface area (Å²) >= 11 is 0. The molecule has 1 unspecified atom stereocenters. The summed E-state index contributed by atoms with van der Waals surface area (Å²) < 4.78 is 12.9. The standard InChI is InChI=1S/C44H66BN7O7/c1-9-10-11-28-12-14-29(15-13-28)30-16-18-31(19-17-30)39(54)51-35(24-47)42(57)52-34(23-46)41(56)48-26(4)38(53)50-33(20-25(2)3)40(55)49-27(5)45-58-37-22-32-21-36(43(32,6)7)44(37,8)59-45/h12-19,25-27,32-37H,9-11,20-24,46-47H2,1-8H3,(H,48,56)(H,49,55)(H,50,53)(H,51,54)(H,52,57)/t26-,27-,32-,33-,34?,35-,36-,37+,44-/m0/s1. The first-order valence-electron chi connectivity index (χ1n) is 21.4. The average Bonchev–Trinajstić information content (AvgIpc) is 3.58. The Labute approximate surface area is 350 Å². The second kappa shape index (κ2) is 19.4. The third-order valence-corrected chi connectivity index (χ3v) is 12.8. The molecular formula is C44H66BN7O7. The summed E-state index contributed by atoms with van der Waals surface area (Å²) in [7, 11) is -0.622. The molecule has 1 heterocycles. The van der Waals surface area contributed by atoms with Crippen LogP contribution in [0.2, 0.25) is 0 Å².